The largest absolute Gasteiger partial charge is 0.360 e. The van der Waals surface area contributed by atoms with Gasteiger partial charge in [-0.3, -0.25) is 10.00 Å². The van der Waals surface area contributed by atoms with Crippen molar-refractivity contribution in [1.29, 1.82) is 0 Å². The molecule has 0 radical (unpaired) electrons. The Labute approximate surface area is 188 Å². The van der Waals surface area contributed by atoms with Crippen LogP contribution >= 0.6 is 0 Å². The van der Waals surface area contributed by atoms with Crippen molar-refractivity contribution in [3.63, 3.8) is 0 Å². The first kappa shape index (κ1) is 20.9. The molecule has 32 heavy (non-hydrogen) atoms. The van der Waals surface area contributed by atoms with E-state index in [0.717, 1.165) is 65.1 Å². The first-order valence-corrected chi connectivity index (χ1v) is 11.3. The molecule has 0 unspecified atom stereocenters. The van der Waals surface area contributed by atoms with Gasteiger partial charge in [-0.15, -0.1) is 0 Å². The van der Waals surface area contributed by atoms with E-state index in [1.54, 1.807) is 6.20 Å². The number of nitrogens with zero attached hydrogens (tertiary/aromatic N) is 5. The molecule has 5 rings (SSSR count). The summed E-state index contributed by atoms with van der Waals surface area (Å²) in [4.78, 5) is 15.3. The third kappa shape index (κ3) is 3.63. The van der Waals surface area contributed by atoms with Gasteiger partial charge in [0.2, 0.25) is 0 Å². The average molecular weight is 434 g/mol. The number of hydrogen-bond donors (Lipinski definition) is 2. The van der Waals surface area contributed by atoms with Crippen LogP contribution < -0.4 is 10.2 Å². The van der Waals surface area contributed by atoms with Crippen molar-refractivity contribution in [2.75, 3.05) is 31.3 Å². The Hall–Kier alpha value is -2.97. The van der Waals surface area contributed by atoms with E-state index in [1.807, 2.05) is 30.2 Å². The number of hydrogen-bond acceptors (Lipinski definition) is 6. The first-order chi connectivity index (χ1) is 15.5. The van der Waals surface area contributed by atoms with Crippen LogP contribution in [-0.2, 0) is 11.8 Å². The molecule has 1 aliphatic rings. The second kappa shape index (κ2) is 8.18. The van der Waals surface area contributed by atoms with Crippen molar-refractivity contribution in [2.24, 2.45) is 13.0 Å². The van der Waals surface area contributed by atoms with Crippen LogP contribution in [0.3, 0.4) is 0 Å². The standard InChI is InChI=1S/C24H31N7O/c1-16(2)24(3)7-10-31(11-9-25-15-32-24)23-19-14-28-30(4)21(19)12-20(29-23)18-13-27-22-17(18)6-5-8-26-22/h5-6,8,12-14,16,25H,7,9-11,15H2,1-4H3,(H,26,27)/t24-/m0/s1. The van der Waals surface area contributed by atoms with E-state index in [0.29, 0.717) is 12.6 Å². The van der Waals surface area contributed by atoms with E-state index in [4.69, 9.17) is 9.72 Å². The van der Waals surface area contributed by atoms with Gasteiger partial charge in [0.25, 0.3) is 0 Å². The molecule has 0 aromatic carbocycles. The van der Waals surface area contributed by atoms with Crippen LogP contribution in [0.25, 0.3) is 33.2 Å². The second-order valence-electron chi connectivity index (χ2n) is 9.13. The Kier molecular flexibility index (Phi) is 5.35. The fourth-order valence-electron chi connectivity index (χ4n) is 4.38. The number of H-pyrrole nitrogens is 1. The van der Waals surface area contributed by atoms with Gasteiger partial charge in [0.05, 0.1) is 35.1 Å². The zero-order chi connectivity index (χ0) is 22.3. The maximum absolute atomic E-state index is 6.23. The van der Waals surface area contributed by atoms with Crippen LogP contribution in [0.5, 0.6) is 0 Å². The molecule has 0 saturated carbocycles. The number of aromatic amines is 1. The van der Waals surface area contributed by atoms with E-state index in [1.165, 1.54) is 0 Å². The highest BCUT2D eigenvalue weighted by Crippen LogP contribution is 2.34. The number of aromatic nitrogens is 5. The topological polar surface area (TPSA) is 83.9 Å². The van der Waals surface area contributed by atoms with Gasteiger partial charge in [-0.1, -0.05) is 13.8 Å². The SMILES string of the molecule is CC(C)[C@]1(C)CCN(c2nc(-c3c[nH]c4ncccc34)cc3c2cnn3C)CCNCO1. The summed E-state index contributed by atoms with van der Waals surface area (Å²) in [5.74, 6) is 1.39. The van der Waals surface area contributed by atoms with Crippen molar-refractivity contribution in [1.82, 2.24) is 30.0 Å². The summed E-state index contributed by atoms with van der Waals surface area (Å²) in [5.41, 5.74) is 3.72. The van der Waals surface area contributed by atoms with E-state index < -0.39 is 0 Å². The summed E-state index contributed by atoms with van der Waals surface area (Å²) in [5, 5.41) is 10.1. The highest BCUT2D eigenvalue weighted by molar-refractivity contribution is 5.97. The van der Waals surface area contributed by atoms with Gasteiger partial charge in [0.15, 0.2) is 0 Å². The molecule has 168 valence electrons. The predicted molar refractivity (Wildman–Crippen MR) is 128 cm³/mol. The molecule has 1 fully saturated rings. The Morgan fingerprint density at radius 1 is 1.22 bits per heavy atom. The molecule has 2 N–H and O–H groups in total. The van der Waals surface area contributed by atoms with Crippen LogP contribution in [0.15, 0.2) is 36.8 Å². The number of anilines is 1. The summed E-state index contributed by atoms with van der Waals surface area (Å²) in [6.07, 6.45) is 6.65. The molecule has 0 aliphatic carbocycles. The van der Waals surface area contributed by atoms with E-state index in [2.05, 4.69) is 58.2 Å². The Morgan fingerprint density at radius 2 is 2.09 bits per heavy atom. The lowest BCUT2D eigenvalue weighted by Crippen LogP contribution is -2.39. The predicted octanol–water partition coefficient (Wildman–Crippen LogP) is 3.70. The van der Waals surface area contributed by atoms with Gasteiger partial charge in [-0.2, -0.15) is 5.10 Å². The van der Waals surface area contributed by atoms with Crippen LogP contribution in [0, 0.1) is 5.92 Å². The van der Waals surface area contributed by atoms with Gasteiger partial charge in [-0.05, 0) is 37.5 Å². The molecule has 4 aromatic heterocycles. The minimum Gasteiger partial charge on any atom is -0.360 e. The Bertz CT molecular complexity index is 1240. The van der Waals surface area contributed by atoms with Crippen LogP contribution in [-0.4, -0.2) is 56.7 Å². The molecule has 1 aliphatic heterocycles. The van der Waals surface area contributed by atoms with Gasteiger partial charge in [-0.25, -0.2) is 9.97 Å². The van der Waals surface area contributed by atoms with E-state index in [-0.39, 0.29) is 5.60 Å². The number of pyridine rings is 2. The van der Waals surface area contributed by atoms with Gasteiger partial charge >= 0.3 is 0 Å². The lowest BCUT2D eigenvalue weighted by atomic mass is 9.88. The number of rotatable bonds is 3. The molecule has 5 heterocycles. The first-order valence-electron chi connectivity index (χ1n) is 11.3. The molecule has 1 saturated heterocycles. The molecule has 8 heteroatoms. The minimum absolute atomic E-state index is 0.191. The number of ether oxygens (including phenoxy) is 1. The third-order valence-corrected chi connectivity index (χ3v) is 6.91. The van der Waals surface area contributed by atoms with Crippen LogP contribution in [0.1, 0.15) is 27.2 Å². The van der Waals surface area contributed by atoms with Crippen molar-refractivity contribution >= 4 is 27.8 Å². The normalized spacial score (nSPS) is 20.6. The lowest BCUT2D eigenvalue weighted by Gasteiger charge is -2.35. The molecule has 0 bridgehead atoms. The van der Waals surface area contributed by atoms with Gasteiger partial charge in [0, 0.05) is 50.0 Å². The zero-order valence-electron chi connectivity index (χ0n) is 19.2. The highest BCUT2D eigenvalue weighted by atomic mass is 16.5. The van der Waals surface area contributed by atoms with Crippen molar-refractivity contribution in [3.8, 4) is 11.3 Å². The quantitative estimate of drug-likeness (QED) is 0.513. The maximum atomic E-state index is 6.23. The third-order valence-electron chi connectivity index (χ3n) is 6.91. The van der Waals surface area contributed by atoms with Crippen molar-refractivity contribution in [2.45, 2.75) is 32.8 Å². The average Bonchev–Trinajstić information content (AvgIpc) is 3.40. The Morgan fingerprint density at radius 3 is 2.94 bits per heavy atom. The van der Waals surface area contributed by atoms with Crippen LogP contribution in [0.4, 0.5) is 5.82 Å². The second-order valence-corrected chi connectivity index (χ2v) is 9.13. The molecule has 0 amide bonds. The fraction of sp³-hybridized carbons (Fsp3) is 0.458. The summed E-state index contributed by atoms with van der Waals surface area (Å²) >= 11 is 0. The summed E-state index contributed by atoms with van der Waals surface area (Å²) in [7, 11) is 1.98. The molecule has 1 atom stereocenters. The van der Waals surface area contributed by atoms with Crippen LogP contribution in [0.2, 0.25) is 0 Å². The molecule has 4 aromatic rings. The zero-order valence-corrected chi connectivity index (χ0v) is 19.2. The van der Waals surface area contributed by atoms with Crippen molar-refractivity contribution in [3.05, 3.63) is 36.8 Å². The lowest BCUT2D eigenvalue weighted by molar-refractivity contribution is -0.0738. The molecular weight excluding hydrogens is 402 g/mol. The highest BCUT2D eigenvalue weighted by Gasteiger charge is 2.31. The fourth-order valence-corrected chi connectivity index (χ4v) is 4.38. The summed E-state index contributed by atoms with van der Waals surface area (Å²) in [6.45, 7) is 9.79. The minimum atomic E-state index is -0.191. The number of fused-ring (bicyclic) bond motifs is 2. The van der Waals surface area contributed by atoms with Crippen molar-refractivity contribution < 1.29 is 4.74 Å². The van der Waals surface area contributed by atoms with Gasteiger partial charge < -0.3 is 14.6 Å². The van der Waals surface area contributed by atoms with E-state index in [9.17, 15) is 0 Å². The molecular formula is C24H31N7O. The number of aryl methyl sites for hydroxylation is 1. The van der Waals surface area contributed by atoms with E-state index >= 15 is 0 Å². The maximum Gasteiger partial charge on any atom is 0.140 e. The molecule has 8 nitrogen and oxygen atoms in total. The smallest absolute Gasteiger partial charge is 0.140 e. The summed E-state index contributed by atoms with van der Waals surface area (Å²) in [6, 6.07) is 6.17. The van der Waals surface area contributed by atoms with Gasteiger partial charge in [0.1, 0.15) is 11.5 Å². The number of nitrogens with one attached hydrogen (secondary N) is 2. The summed E-state index contributed by atoms with van der Waals surface area (Å²) < 4.78 is 8.16. The monoisotopic (exact) mass is 433 g/mol. The Balaban J connectivity index is 1.61. The molecule has 0 spiro atoms.